The fraction of sp³-hybridized carbons (Fsp3) is 0.684. The SMILES string of the molecule is CC(C)CC1CNCCC12CCN(Cc1ccccc1)C2. The Morgan fingerprint density at radius 3 is 2.81 bits per heavy atom. The molecule has 0 radical (unpaired) electrons. The number of piperidine rings is 1. The first kappa shape index (κ1) is 15.1. The zero-order valence-corrected chi connectivity index (χ0v) is 13.6. The minimum atomic E-state index is 0.588. The summed E-state index contributed by atoms with van der Waals surface area (Å²) in [7, 11) is 0. The van der Waals surface area contributed by atoms with Gasteiger partial charge in [-0.05, 0) is 61.7 Å². The van der Waals surface area contributed by atoms with Crippen LogP contribution in [-0.4, -0.2) is 31.1 Å². The van der Waals surface area contributed by atoms with Crippen molar-refractivity contribution in [3.63, 3.8) is 0 Å². The average Bonchev–Trinajstić information content (AvgIpc) is 2.86. The molecule has 116 valence electrons. The average molecular weight is 286 g/mol. The summed E-state index contributed by atoms with van der Waals surface area (Å²) < 4.78 is 0. The number of hydrogen-bond acceptors (Lipinski definition) is 2. The molecule has 1 N–H and O–H groups in total. The van der Waals surface area contributed by atoms with Crippen LogP contribution in [0.4, 0.5) is 0 Å². The molecule has 1 aromatic rings. The Hall–Kier alpha value is -0.860. The molecule has 0 amide bonds. The maximum atomic E-state index is 3.64. The van der Waals surface area contributed by atoms with Gasteiger partial charge in [0.25, 0.3) is 0 Å². The van der Waals surface area contributed by atoms with Gasteiger partial charge in [0.1, 0.15) is 0 Å². The Morgan fingerprint density at radius 2 is 2.05 bits per heavy atom. The number of nitrogens with zero attached hydrogens (tertiary/aromatic N) is 1. The van der Waals surface area contributed by atoms with Crippen molar-refractivity contribution in [1.82, 2.24) is 10.2 Å². The molecule has 2 atom stereocenters. The van der Waals surface area contributed by atoms with Crippen LogP contribution < -0.4 is 5.32 Å². The quantitative estimate of drug-likeness (QED) is 0.911. The van der Waals surface area contributed by atoms with Crippen LogP contribution in [-0.2, 0) is 6.54 Å². The van der Waals surface area contributed by atoms with Crippen LogP contribution in [0.2, 0.25) is 0 Å². The molecule has 21 heavy (non-hydrogen) atoms. The first-order valence-electron chi connectivity index (χ1n) is 8.65. The summed E-state index contributed by atoms with van der Waals surface area (Å²) in [6.45, 7) is 10.9. The smallest absolute Gasteiger partial charge is 0.0233 e. The van der Waals surface area contributed by atoms with Crippen molar-refractivity contribution in [3.05, 3.63) is 35.9 Å². The van der Waals surface area contributed by atoms with E-state index < -0.39 is 0 Å². The second-order valence-corrected chi connectivity index (χ2v) is 7.59. The molecule has 2 fully saturated rings. The highest BCUT2D eigenvalue weighted by molar-refractivity contribution is 5.15. The first-order valence-corrected chi connectivity index (χ1v) is 8.65. The van der Waals surface area contributed by atoms with Gasteiger partial charge < -0.3 is 5.32 Å². The van der Waals surface area contributed by atoms with Crippen LogP contribution >= 0.6 is 0 Å². The van der Waals surface area contributed by atoms with E-state index >= 15 is 0 Å². The van der Waals surface area contributed by atoms with E-state index in [1.54, 1.807) is 0 Å². The molecule has 1 aromatic carbocycles. The highest BCUT2D eigenvalue weighted by atomic mass is 15.2. The van der Waals surface area contributed by atoms with E-state index in [1.807, 2.05) is 0 Å². The fourth-order valence-corrected chi connectivity index (χ4v) is 4.43. The summed E-state index contributed by atoms with van der Waals surface area (Å²) in [5.74, 6) is 1.68. The topological polar surface area (TPSA) is 15.3 Å². The highest BCUT2D eigenvalue weighted by Crippen LogP contribution is 2.45. The third kappa shape index (κ3) is 3.49. The van der Waals surface area contributed by atoms with Gasteiger partial charge >= 0.3 is 0 Å². The number of hydrogen-bond donors (Lipinski definition) is 1. The second-order valence-electron chi connectivity index (χ2n) is 7.59. The number of nitrogens with one attached hydrogen (secondary N) is 1. The molecule has 0 saturated carbocycles. The summed E-state index contributed by atoms with van der Waals surface area (Å²) >= 11 is 0. The lowest BCUT2D eigenvalue weighted by Crippen LogP contribution is -2.47. The van der Waals surface area contributed by atoms with E-state index in [0.717, 1.165) is 18.4 Å². The predicted octanol–water partition coefficient (Wildman–Crippen LogP) is 3.53. The van der Waals surface area contributed by atoms with Gasteiger partial charge in [0.05, 0.1) is 0 Å². The van der Waals surface area contributed by atoms with E-state index in [0.29, 0.717) is 5.41 Å². The molecule has 0 aliphatic carbocycles. The van der Waals surface area contributed by atoms with Gasteiger partial charge in [-0.25, -0.2) is 0 Å². The Kier molecular flexibility index (Phi) is 4.66. The van der Waals surface area contributed by atoms with Gasteiger partial charge in [-0.15, -0.1) is 0 Å². The molecule has 0 aromatic heterocycles. The van der Waals surface area contributed by atoms with E-state index in [4.69, 9.17) is 0 Å². The molecule has 3 rings (SSSR count). The Morgan fingerprint density at radius 1 is 1.24 bits per heavy atom. The van der Waals surface area contributed by atoms with Crippen molar-refractivity contribution in [2.24, 2.45) is 17.3 Å². The maximum Gasteiger partial charge on any atom is 0.0233 e. The van der Waals surface area contributed by atoms with E-state index in [9.17, 15) is 0 Å². The first-order chi connectivity index (χ1) is 10.2. The van der Waals surface area contributed by atoms with Gasteiger partial charge in [0, 0.05) is 13.1 Å². The molecule has 2 aliphatic rings. The van der Waals surface area contributed by atoms with Crippen molar-refractivity contribution in [2.45, 2.75) is 39.7 Å². The Labute approximate surface area is 129 Å². The molecule has 2 aliphatic heterocycles. The normalized spacial score (nSPS) is 30.3. The van der Waals surface area contributed by atoms with Gasteiger partial charge in [-0.2, -0.15) is 0 Å². The number of benzene rings is 1. The van der Waals surface area contributed by atoms with E-state index in [1.165, 1.54) is 51.0 Å². The third-order valence-electron chi connectivity index (χ3n) is 5.53. The molecular weight excluding hydrogens is 256 g/mol. The molecule has 2 saturated heterocycles. The maximum absolute atomic E-state index is 3.64. The van der Waals surface area contributed by atoms with Crippen LogP contribution in [0.5, 0.6) is 0 Å². The molecule has 2 unspecified atom stereocenters. The summed E-state index contributed by atoms with van der Waals surface area (Å²) in [5.41, 5.74) is 2.05. The van der Waals surface area contributed by atoms with Crippen molar-refractivity contribution in [1.29, 1.82) is 0 Å². The summed E-state index contributed by atoms with van der Waals surface area (Å²) in [4.78, 5) is 2.69. The van der Waals surface area contributed by atoms with Gasteiger partial charge in [0.15, 0.2) is 0 Å². The van der Waals surface area contributed by atoms with Crippen LogP contribution in [0.1, 0.15) is 38.7 Å². The predicted molar refractivity (Wildman–Crippen MR) is 89.2 cm³/mol. The fourth-order valence-electron chi connectivity index (χ4n) is 4.43. The molecule has 2 heterocycles. The minimum Gasteiger partial charge on any atom is -0.316 e. The standard InChI is InChI=1S/C19H30N2/c1-16(2)12-18-13-20-10-8-19(18)9-11-21(15-19)14-17-6-4-3-5-7-17/h3-7,16,18,20H,8-15H2,1-2H3. The Balaban J connectivity index is 1.65. The van der Waals surface area contributed by atoms with Crippen molar-refractivity contribution in [3.8, 4) is 0 Å². The summed E-state index contributed by atoms with van der Waals surface area (Å²) in [6, 6.07) is 11.0. The lowest BCUT2D eigenvalue weighted by Gasteiger charge is -2.43. The van der Waals surface area contributed by atoms with Gasteiger partial charge in [-0.1, -0.05) is 44.2 Å². The molecule has 2 nitrogen and oxygen atoms in total. The highest BCUT2D eigenvalue weighted by Gasteiger charge is 2.45. The Bertz CT molecular complexity index is 442. The summed E-state index contributed by atoms with van der Waals surface area (Å²) in [6.07, 6.45) is 4.15. The molecule has 0 bridgehead atoms. The molecule has 1 spiro atoms. The van der Waals surface area contributed by atoms with Crippen LogP contribution in [0.25, 0.3) is 0 Å². The second kappa shape index (κ2) is 6.50. The monoisotopic (exact) mass is 286 g/mol. The largest absolute Gasteiger partial charge is 0.316 e. The van der Waals surface area contributed by atoms with E-state index in [2.05, 4.69) is 54.4 Å². The van der Waals surface area contributed by atoms with Crippen molar-refractivity contribution < 1.29 is 0 Å². The number of rotatable bonds is 4. The zero-order valence-electron chi connectivity index (χ0n) is 13.6. The van der Waals surface area contributed by atoms with Crippen LogP contribution in [0.3, 0.4) is 0 Å². The third-order valence-corrected chi connectivity index (χ3v) is 5.53. The molecular formula is C19H30N2. The van der Waals surface area contributed by atoms with Crippen molar-refractivity contribution in [2.75, 3.05) is 26.2 Å². The van der Waals surface area contributed by atoms with Gasteiger partial charge in [-0.3, -0.25) is 4.90 Å². The summed E-state index contributed by atoms with van der Waals surface area (Å²) in [5, 5.41) is 3.64. The van der Waals surface area contributed by atoms with Crippen LogP contribution in [0.15, 0.2) is 30.3 Å². The minimum absolute atomic E-state index is 0.588. The lowest BCUT2D eigenvalue weighted by atomic mass is 9.67. The lowest BCUT2D eigenvalue weighted by molar-refractivity contribution is 0.0945. The van der Waals surface area contributed by atoms with E-state index in [-0.39, 0.29) is 0 Å². The zero-order chi connectivity index (χ0) is 14.7. The van der Waals surface area contributed by atoms with Crippen molar-refractivity contribution >= 4 is 0 Å². The molecule has 2 heteroatoms. The van der Waals surface area contributed by atoms with Crippen LogP contribution in [0, 0.1) is 17.3 Å². The van der Waals surface area contributed by atoms with Gasteiger partial charge in [0.2, 0.25) is 0 Å². The number of likely N-dealkylation sites (tertiary alicyclic amines) is 1.